The first-order valence-corrected chi connectivity index (χ1v) is 4.91. The van der Waals surface area contributed by atoms with Gasteiger partial charge in [-0.15, -0.1) is 0 Å². The second-order valence-corrected chi connectivity index (χ2v) is 3.55. The Morgan fingerprint density at radius 1 is 1.12 bits per heavy atom. The van der Waals surface area contributed by atoms with Gasteiger partial charge in [0, 0.05) is 18.0 Å². The third kappa shape index (κ3) is 1.53. The highest BCUT2D eigenvalue weighted by Crippen LogP contribution is 2.21. The molecule has 7 nitrogen and oxygen atoms in total. The van der Waals surface area contributed by atoms with Gasteiger partial charge in [0.1, 0.15) is 17.7 Å². The summed E-state index contributed by atoms with van der Waals surface area (Å²) in [6, 6.07) is 1.77. The molecule has 0 unspecified atom stereocenters. The fraction of sp³-hybridized carbons (Fsp3) is 0. The molecule has 3 aromatic heterocycles. The maximum absolute atomic E-state index is 5.71. The molecule has 0 saturated heterocycles. The van der Waals surface area contributed by atoms with Gasteiger partial charge in [-0.05, 0) is 6.07 Å². The number of anilines is 2. The molecule has 5 N–H and O–H groups in total. The number of hydrogen-bond acceptors (Lipinski definition) is 6. The van der Waals surface area contributed by atoms with E-state index >= 15 is 0 Å². The molecular weight excluding hydrogens is 218 g/mol. The first-order chi connectivity index (χ1) is 8.24. The lowest BCUT2D eigenvalue weighted by Gasteiger charge is -1.96. The van der Waals surface area contributed by atoms with E-state index < -0.39 is 0 Å². The number of nitrogens with zero attached hydrogens (tertiary/aromatic N) is 4. The number of fused-ring (bicyclic) bond motifs is 1. The highest BCUT2D eigenvalue weighted by molar-refractivity contribution is 5.84. The van der Waals surface area contributed by atoms with Crippen LogP contribution in [-0.4, -0.2) is 24.9 Å². The number of hydrogen-bond donors (Lipinski definition) is 3. The van der Waals surface area contributed by atoms with Crippen LogP contribution in [0.25, 0.3) is 22.6 Å². The van der Waals surface area contributed by atoms with E-state index in [1.54, 1.807) is 18.5 Å². The van der Waals surface area contributed by atoms with E-state index in [1.807, 2.05) is 0 Å². The van der Waals surface area contributed by atoms with Crippen molar-refractivity contribution < 1.29 is 0 Å². The number of nitrogens with one attached hydrogen (secondary N) is 1. The van der Waals surface area contributed by atoms with Gasteiger partial charge in [0.2, 0.25) is 0 Å². The van der Waals surface area contributed by atoms with E-state index in [2.05, 4.69) is 24.9 Å². The molecular formula is C10H9N7. The summed E-state index contributed by atoms with van der Waals surface area (Å²) in [5.41, 5.74) is 13.9. The van der Waals surface area contributed by atoms with Crippen LogP contribution < -0.4 is 11.5 Å². The molecule has 0 fully saturated rings. The first kappa shape index (κ1) is 9.52. The minimum Gasteiger partial charge on any atom is -0.397 e. The van der Waals surface area contributed by atoms with Crippen molar-refractivity contribution in [2.75, 3.05) is 11.5 Å². The topological polar surface area (TPSA) is 119 Å². The predicted molar refractivity (Wildman–Crippen MR) is 63.7 cm³/mol. The molecule has 0 aliphatic rings. The molecule has 0 atom stereocenters. The van der Waals surface area contributed by atoms with Crippen LogP contribution in [-0.2, 0) is 0 Å². The maximum atomic E-state index is 5.71. The molecule has 0 aliphatic heterocycles. The Hall–Kier alpha value is -2.70. The van der Waals surface area contributed by atoms with Crippen LogP contribution in [0.15, 0.2) is 24.8 Å². The zero-order valence-electron chi connectivity index (χ0n) is 8.75. The molecule has 0 aromatic carbocycles. The third-order valence-electron chi connectivity index (χ3n) is 2.35. The fourth-order valence-electron chi connectivity index (χ4n) is 1.57. The summed E-state index contributed by atoms with van der Waals surface area (Å²) in [6.07, 6.45) is 4.61. The average molecular weight is 227 g/mol. The number of imidazole rings is 1. The van der Waals surface area contributed by atoms with Crippen molar-refractivity contribution >= 4 is 22.7 Å². The van der Waals surface area contributed by atoms with Crippen LogP contribution in [0, 0.1) is 0 Å². The number of pyridine rings is 1. The average Bonchev–Trinajstić information content (AvgIpc) is 2.74. The molecule has 0 aliphatic carbocycles. The molecule has 0 radical (unpaired) electrons. The summed E-state index contributed by atoms with van der Waals surface area (Å²) in [4.78, 5) is 19.3. The van der Waals surface area contributed by atoms with Crippen molar-refractivity contribution in [2.24, 2.45) is 0 Å². The van der Waals surface area contributed by atoms with E-state index in [1.165, 1.54) is 6.33 Å². The summed E-state index contributed by atoms with van der Waals surface area (Å²) in [5.74, 6) is 0.984. The monoisotopic (exact) mass is 227 g/mol. The van der Waals surface area contributed by atoms with E-state index in [-0.39, 0.29) is 0 Å². The van der Waals surface area contributed by atoms with Crippen LogP contribution in [0.4, 0.5) is 11.5 Å². The van der Waals surface area contributed by atoms with Crippen molar-refractivity contribution in [3.63, 3.8) is 0 Å². The second kappa shape index (κ2) is 3.41. The van der Waals surface area contributed by atoms with Crippen molar-refractivity contribution in [2.45, 2.75) is 0 Å². The maximum Gasteiger partial charge on any atom is 0.183 e. The lowest BCUT2D eigenvalue weighted by molar-refractivity contribution is 1.21. The minimum atomic E-state index is 0.366. The molecule has 0 bridgehead atoms. The van der Waals surface area contributed by atoms with Crippen LogP contribution in [0.1, 0.15) is 0 Å². The largest absolute Gasteiger partial charge is 0.397 e. The lowest BCUT2D eigenvalue weighted by atomic mass is 10.2. The number of H-pyrrole nitrogens is 1. The lowest BCUT2D eigenvalue weighted by Crippen LogP contribution is -1.91. The fourth-order valence-corrected chi connectivity index (χ4v) is 1.57. The van der Waals surface area contributed by atoms with Gasteiger partial charge < -0.3 is 16.5 Å². The molecule has 3 aromatic rings. The van der Waals surface area contributed by atoms with E-state index in [0.717, 1.165) is 5.56 Å². The number of nitrogen functional groups attached to an aromatic ring is 2. The summed E-state index contributed by atoms with van der Waals surface area (Å²) in [5, 5.41) is 0. The molecule has 84 valence electrons. The number of aromatic amines is 1. The van der Waals surface area contributed by atoms with E-state index in [9.17, 15) is 0 Å². The van der Waals surface area contributed by atoms with Gasteiger partial charge in [-0.3, -0.25) is 4.98 Å². The van der Waals surface area contributed by atoms with Crippen LogP contribution in [0.3, 0.4) is 0 Å². The standard InChI is InChI=1S/C10H9N7/c11-6-1-5(2-13-3-6)9-16-7-8(12)14-4-15-10(7)17-9/h1-4H,11H2,(H3,12,14,15,16,17). The van der Waals surface area contributed by atoms with Gasteiger partial charge in [0.25, 0.3) is 0 Å². The van der Waals surface area contributed by atoms with Crippen LogP contribution >= 0.6 is 0 Å². The Kier molecular flexibility index (Phi) is 1.91. The zero-order chi connectivity index (χ0) is 11.8. The van der Waals surface area contributed by atoms with Gasteiger partial charge in [0.15, 0.2) is 11.5 Å². The highest BCUT2D eigenvalue weighted by atomic mass is 15.0. The van der Waals surface area contributed by atoms with Gasteiger partial charge in [0.05, 0.1) is 5.69 Å². The van der Waals surface area contributed by atoms with Crippen LogP contribution in [0.5, 0.6) is 0 Å². The van der Waals surface area contributed by atoms with Gasteiger partial charge in [-0.1, -0.05) is 0 Å². The summed E-state index contributed by atoms with van der Waals surface area (Å²) in [6.45, 7) is 0. The Labute approximate surface area is 95.9 Å². The predicted octanol–water partition coefficient (Wildman–Crippen LogP) is 0.579. The van der Waals surface area contributed by atoms with Crippen molar-refractivity contribution in [1.29, 1.82) is 0 Å². The summed E-state index contributed by atoms with van der Waals surface area (Å²) >= 11 is 0. The number of aromatic nitrogens is 5. The highest BCUT2D eigenvalue weighted by Gasteiger charge is 2.09. The number of nitrogens with two attached hydrogens (primary N) is 2. The Morgan fingerprint density at radius 3 is 2.76 bits per heavy atom. The Balaban J connectivity index is 2.22. The first-order valence-electron chi connectivity index (χ1n) is 4.91. The summed E-state index contributed by atoms with van der Waals surface area (Å²) in [7, 11) is 0. The van der Waals surface area contributed by atoms with Gasteiger partial charge >= 0.3 is 0 Å². The molecule has 7 heteroatoms. The van der Waals surface area contributed by atoms with Crippen molar-refractivity contribution in [3.8, 4) is 11.4 Å². The quantitative estimate of drug-likeness (QED) is 0.559. The molecule has 3 rings (SSSR count). The summed E-state index contributed by atoms with van der Waals surface area (Å²) < 4.78 is 0. The zero-order valence-corrected chi connectivity index (χ0v) is 8.75. The molecule has 17 heavy (non-hydrogen) atoms. The minimum absolute atomic E-state index is 0.366. The SMILES string of the molecule is Nc1cncc(-c2nc3ncnc(N)c3[nH]2)c1. The van der Waals surface area contributed by atoms with E-state index in [0.29, 0.717) is 28.5 Å². The van der Waals surface area contributed by atoms with Crippen molar-refractivity contribution in [3.05, 3.63) is 24.8 Å². The molecule has 3 heterocycles. The van der Waals surface area contributed by atoms with Gasteiger partial charge in [-0.25, -0.2) is 15.0 Å². The number of rotatable bonds is 1. The second-order valence-electron chi connectivity index (χ2n) is 3.55. The third-order valence-corrected chi connectivity index (χ3v) is 2.35. The normalized spacial score (nSPS) is 10.8. The smallest absolute Gasteiger partial charge is 0.183 e. The molecule has 0 amide bonds. The molecule has 0 saturated carbocycles. The Bertz CT molecular complexity index is 688. The Morgan fingerprint density at radius 2 is 2.00 bits per heavy atom. The molecule has 0 spiro atoms. The van der Waals surface area contributed by atoms with Crippen molar-refractivity contribution in [1.82, 2.24) is 24.9 Å². The van der Waals surface area contributed by atoms with Gasteiger partial charge in [-0.2, -0.15) is 0 Å². The van der Waals surface area contributed by atoms with Crippen LogP contribution in [0.2, 0.25) is 0 Å². The van der Waals surface area contributed by atoms with E-state index in [4.69, 9.17) is 11.5 Å².